The molecule has 0 aromatic heterocycles. The second-order valence-electron chi connectivity index (χ2n) is 2.74. The summed E-state index contributed by atoms with van der Waals surface area (Å²) in [7, 11) is 11.2. The van der Waals surface area contributed by atoms with Gasteiger partial charge in [-0.25, -0.2) is 0 Å². The standard InChI is InChI=1S/C9H11B3O/c1-13-9-4-2-8(3-5-9)12-7-11-6-10/h2-5H,6-7H2,1H3. The average molecular weight is 168 g/mol. The van der Waals surface area contributed by atoms with Gasteiger partial charge in [-0.15, -0.1) is 12.4 Å². The molecular formula is C9H11B3O. The zero-order valence-electron chi connectivity index (χ0n) is 7.86. The van der Waals surface area contributed by atoms with Crippen LogP contribution in [0.2, 0.25) is 12.4 Å². The van der Waals surface area contributed by atoms with Gasteiger partial charge in [0.2, 0.25) is 0 Å². The van der Waals surface area contributed by atoms with Crippen LogP contribution in [0.25, 0.3) is 0 Å². The van der Waals surface area contributed by atoms with E-state index in [0.29, 0.717) is 6.22 Å². The van der Waals surface area contributed by atoms with Crippen LogP contribution in [-0.4, -0.2) is 29.5 Å². The Morgan fingerprint density at radius 1 is 1.31 bits per heavy atom. The van der Waals surface area contributed by atoms with Gasteiger partial charge in [0, 0.05) is 0 Å². The molecule has 1 nitrogen and oxygen atoms in total. The highest BCUT2D eigenvalue weighted by Crippen LogP contribution is 2.05. The summed E-state index contributed by atoms with van der Waals surface area (Å²) in [6, 6.07) is 7.97. The Kier molecular flexibility index (Phi) is 4.59. The molecule has 0 spiro atoms. The average Bonchev–Trinajstić information content (AvgIpc) is 2.19. The first-order valence-electron chi connectivity index (χ1n) is 4.36. The third kappa shape index (κ3) is 3.62. The van der Waals surface area contributed by atoms with E-state index < -0.39 is 0 Å². The van der Waals surface area contributed by atoms with Gasteiger partial charge in [0.15, 0.2) is 0 Å². The fourth-order valence-electron chi connectivity index (χ4n) is 1.06. The van der Waals surface area contributed by atoms with Crippen molar-refractivity contribution in [2.45, 2.75) is 12.4 Å². The van der Waals surface area contributed by atoms with Gasteiger partial charge in [0.05, 0.1) is 22.2 Å². The fraction of sp³-hybridized carbons (Fsp3) is 0.333. The van der Waals surface area contributed by atoms with E-state index in [-0.39, 0.29) is 0 Å². The SMILES string of the molecule is [B]C[B]C[B]c1ccc(OC)cc1. The van der Waals surface area contributed by atoms with E-state index >= 15 is 0 Å². The zero-order valence-corrected chi connectivity index (χ0v) is 7.86. The van der Waals surface area contributed by atoms with E-state index in [1.54, 1.807) is 7.11 Å². The monoisotopic (exact) mass is 168 g/mol. The third-order valence-corrected chi connectivity index (χ3v) is 1.80. The van der Waals surface area contributed by atoms with E-state index in [1.165, 1.54) is 5.46 Å². The van der Waals surface area contributed by atoms with Crippen molar-refractivity contribution in [1.82, 2.24) is 0 Å². The highest BCUT2D eigenvalue weighted by atomic mass is 16.5. The zero-order chi connectivity index (χ0) is 9.52. The number of methoxy groups -OCH3 is 1. The Hall–Kier alpha value is -0.785. The lowest BCUT2D eigenvalue weighted by molar-refractivity contribution is 0.415. The molecule has 0 aliphatic rings. The van der Waals surface area contributed by atoms with Gasteiger partial charge in [0.1, 0.15) is 13.0 Å². The van der Waals surface area contributed by atoms with Crippen LogP contribution in [0.15, 0.2) is 24.3 Å². The predicted octanol–water partition coefficient (Wildman–Crippen LogP) is 0.649. The van der Waals surface area contributed by atoms with E-state index in [0.717, 1.165) is 12.0 Å². The minimum atomic E-state index is 0.632. The van der Waals surface area contributed by atoms with E-state index in [2.05, 4.69) is 7.28 Å². The first kappa shape index (κ1) is 10.3. The van der Waals surface area contributed by atoms with Crippen molar-refractivity contribution in [3.63, 3.8) is 0 Å². The van der Waals surface area contributed by atoms with Crippen molar-refractivity contribution in [2.24, 2.45) is 0 Å². The number of benzene rings is 1. The van der Waals surface area contributed by atoms with Crippen LogP contribution in [0.1, 0.15) is 0 Å². The summed E-state index contributed by atoms with van der Waals surface area (Å²) in [5, 5.41) is 0. The molecule has 0 heterocycles. The van der Waals surface area contributed by atoms with Crippen LogP contribution in [0.4, 0.5) is 0 Å². The third-order valence-electron chi connectivity index (χ3n) is 1.80. The number of hydrogen-bond donors (Lipinski definition) is 0. The van der Waals surface area contributed by atoms with Crippen LogP contribution in [0.5, 0.6) is 5.75 Å². The summed E-state index contributed by atoms with van der Waals surface area (Å²) >= 11 is 0. The van der Waals surface area contributed by atoms with E-state index in [4.69, 9.17) is 12.6 Å². The number of ether oxygens (including phenoxy) is 1. The topological polar surface area (TPSA) is 9.23 Å². The molecule has 4 radical (unpaired) electrons. The molecule has 0 amide bonds. The van der Waals surface area contributed by atoms with Crippen molar-refractivity contribution < 1.29 is 4.74 Å². The maximum atomic E-state index is 5.34. The number of hydrogen-bond acceptors (Lipinski definition) is 1. The lowest BCUT2D eigenvalue weighted by Gasteiger charge is -2.01. The summed E-state index contributed by atoms with van der Waals surface area (Å²) in [4.78, 5) is 0. The van der Waals surface area contributed by atoms with Gasteiger partial charge in [-0.1, -0.05) is 17.6 Å². The quantitative estimate of drug-likeness (QED) is 0.462. The molecule has 0 aliphatic heterocycles. The molecule has 1 aromatic rings. The van der Waals surface area contributed by atoms with Gasteiger partial charge in [-0.2, -0.15) is 0 Å². The van der Waals surface area contributed by atoms with Gasteiger partial charge in [0.25, 0.3) is 0 Å². The lowest BCUT2D eigenvalue weighted by atomic mass is 9.48. The Morgan fingerprint density at radius 3 is 2.54 bits per heavy atom. The normalized spacial score (nSPS) is 9.31. The Morgan fingerprint density at radius 2 is 2.00 bits per heavy atom. The van der Waals surface area contributed by atoms with Crippen molar-refractivity contribution >= 4 is 27.9 Å². The molecule has 1 rings (SSSR count). The smallest absolute Gasteiger partial charge is 0.143 e. The Labute approximate surface area is 82.8 Å². The molecule has 0 unspecified atom stereocenters. The number of rotatable bonds is 5. The van der Waals surface area contributed by atoms with Gasteiger partial charge in [-0.05, 0) is 12.1 Å². The summed E-state index contributed by atoms with van der Waals surface area (Å²) in [5.41, 5.74) is 1.20. The van der Waals surface area contributed by atoms with Crippen LogP contribution in [0, 0.1) is 0 Å². The van der Waals surface area contributed by atoms with E-state index in [1.807, 2.05) is 31.5 Å². The summed E-state index contributed by atoms with van der Waals surface area (Å²) in [6.07, 6.45) is 1.55. The second-order valence-corrected chi connectivity index (χ2v) is 2.74. The Bertz CT molecular complexity index is 235. The van der Waals surface area contributed by atoms with Crippen molar-refractivity contribution in [3.8, 4) is 5.75 Å². The summed E-state index contributed by atoms with van der Waals surface area (Å²) < 4.78 is 5.05. The maximum absolute atomic E-state index is 5.34. The Balaban J connectivity index is 2.40. The molecular weight excluding hydrogens is 157 g/mol. The van der Waals surface area contributed by atoms with Gasteiger partial charge >= 0.3 is 0 Å². The molecule has 0 saturated carbocycles. The molecule has 0 atom stereocenters. The van der Waals surface area contributed by atoms with Crippen LogP contribution < -0.4 is 10.2 Å². The van der Waals surface area contributed by atoms with Crippen molar-refractivity contribution in [2.75, 3.05) is 7.11 Å². The molecule has 0 saturated heterocycles. The molecule has 0 aliphatic carbocycles. The van der Waals surface area contributed by atoms with Crippen LogP contribution in [-0.2, 0) is 0 Å². The first-order chi connectivity index (χ1) is 6.36. The molecule has 0 N–H and O–H groups in total. The molecule has 13 heavy (non-hydrogen) atoms. The summed E-state index contributed by atoms with van der Waals surface area (Å²) in [6.45, 7) is 0. The van der Waals surface area contributed by atoms with Crippen LogP contribution >= 0.6 is 0 Å². The lowest BCUT2D eigenvalue weighted by Crippen LogP contribution is -2.15. The maximum Gasteiger partial charge on any atom is 0.143 e. The summed E-state index contributed by atoms with van der Waals surface area (Å²) in [5.74, 6) is 0.889. The molecule has 0 bridgehead atoms. The molecule has 1 aromatic carbocycles. The predicted molar refractivity (Wildman–Crippen MR) is 59.5 cm³/mol. The minimum absolute atomic E-state index is 0.632. The van der Waals surface area contributed by atoms with Gasteiger partial charge < -0.3 is 4.74 Å². The second kappa shape index (κ2) is 5.79. The molecule has 4 heteroatoms. The molecule has 62 valence electrons. The van der Waals surface area contributed by atoms with Crippen LogP contribution in [0.3, 0.4) is 0 Å². The highest BCUT2D eigenvalue weighted by Gasteiger charge is 1.96. The van der Waals surface area contributed by atoms with Gasteiger partial charge in [-0.3, -0.25) is 0 Å². The fourth-order valence-corrected chi connectivity index (χ4v) is 1.06. The van der Waals surface area contributed by atoms with Crippen molar-refractivity contribution in [1.29, 1.82) is 0 Å². The minimum Gasteiger partial charge on any atom is -0.497 e. The molecule has 0 fully saturated rings. The van der Waals surface area contributed by atoms with E-state index in [9.17, 15) is 0 Å². The highest BCUT2D eigenvalue weighted by molar-refractivity contribution is 6.67. The largest absolute Gasteiger partial charge is 0.497 e. The van der Waals surface area contributed by atoms with Crippen molar-refractivity contribution in [3.05, 3.63) is 24.3 Å². The first-order valence-corrected chi connectivity index (χ1v) is 4.36.